The second-order valence-corrected chi connectivity index (χ2v) is 2.30. The molecule has 0 bridgehead atoms. The molecule has 0 saturated carbocycles. The van der Waals surface area contributed by atoms with Crippen LogP contribution in [0.2, 0.25) is 0 Å². The summed E-state index contributed by atoms with van der Waals surface area (Å²) in [5.41, 5.74) is 4.73. The van der Waals surface area contributed by atoms with Gasteiger partial charge in [0, 0.05) is 12.1 Å². The normalized spacial score (nSPS) is 8.80. The van der Waals surface area contributed by atoms with Gasteiger partial charge >= 0.3 is 5.69 Å². The van der Waals surface area contributed by atoms with Gasteiger partial charge in [0.15, 0.2) is 0 Å². The first-order valence-corrected chi connectivity index (χ1v) is 4.33. The Morgan fingerprint density at radius 3 is 2.40 bits per heavy atom. The van der Waals surface area contributed by atoms with Crippen LogP contribution in [0.25, 0.3) is 0 Å². The predicted octanol–water partition coefficient (Wildman–Crippen LogP) is 2.35. The van der Waals surface area contributed by atoms with Crippen molar-refractivity contribution in [2.45, 2.75) is 13.8 Å². The van der Waals surface area contributed by atoms with Crippen molar-refractivity contribution < 1.29 is 14.1 Å². The third kappa shape index (κ3) is 3.08. The van der Waals surface area contributed by atoms with Crippen LogP contribution in [-0.4, -0.2) is 12.0 Å². The van der Waals surface area contributed by atoms with Crippen LogP contribution in [0, 0.1) is 15.9 Å². The summed E-state index contributed by atoms with van der Waals surface area (Å²) in [5.74, 6) is -0.876. The van der Waals surface area contributed by atoms with Gasteiger partial charge in [0.25, 0.3) is 0 Å². The molecule has 1 rings (SSSR count). The number of benzene rings is 1. The van der Waals surface area contributed by atoms with E-state index in [4.69, 9.17) is 5.73 Å². The molecule has 0 aromatic heterocycles. The van der Waals surface area contributed by atoms with Crippen LogP contribution < -0.4 is 10.5 Å². The number of halogens is 1. The number of hydrogen-bond donors (Lipinski definition) is 1. The van der Waals surface area contributed by atoms with Crippen LogP contribution in [0.15, 0.2) is 12.1 Å². The number of methoxy groups -OCH3 is 1. The first-order chi connectivity index (χ1) is 7.06. The van der Waals surface area contributed by atoms with Gasteiger partial charge in [-0.3, -0.25) is 10.1 Å². The van der Waals surface area contributed by atoms with Gasteiger partial charge in [0.1, 0.15) is 5.75 Å². The first kappa shape index (κ1) is 13.2. The van der Waals surface area contributed by atoms with Gasteiger partial charge in [0.2, 0.25) is 5.82 Å². The van der Waals surface area contributed by atoms with Crippen LogP contribution >= 0.6 is 0 Å². The molecule has 0 aliphatic heterocycles. The minimum atomic E-state index is -0.962. The van der Waals surface area contributed by atoms with Gasteiger partial charge in [-0.05, 0) is 0 Å². The van der Waals surface area contributed by atoms with E-state index in [9.17, 15) is 14.5 Å². The van der Waals surface area contributed by atoms with Crippen molar-refractivity contribution in [3.8, 4) is 5.75 Å². The van der Waals surface area contributed by atoms with E-state index in [1.54, 1.807) is 0 Å². The van der Waals surface area contributed by atoms with Crippen molar-refractivity contribution in [3.63, 3.8) is 0 Å². The lowest BCUT2D eigenvalue weighted by Gasteiger charge is -2.03. The molecule has 0 fully saturated rings. The SMILES string of the molecule is CC.COc1cc(F)c([N+](=O)[O-])cc1N. The van der Waals surface area contributed by atoms with E-state index in [2.05, 4.69) is 4.74 Å². The molecule has 6 heteroatoms. The lowest BCUT2D eigenvalue weighted by Crippen LogP contribution is -1.98. The van der Waals surface area contributed by atoms with Gasteiger partial charge in [-0.15, -0.1) is 0 Å². The van der Waals surface area contributed by atoms with Crippen molar-refractivity contribution >= 4 is 11.4 Å². The quantitative estimate of drug-likeness (QED) is 0.467. The zero-order valence-corrected chi connectivity index (χ0v) is 8.78. The summed E-state index contributed by atoms with van der Waals surface area (Å²) in [6, 6.07) is 1.81. The Labute approximate surface area is 86.8 Å². The van der Waals surface area contributed by atoms with E-state index in [0.29, 0.717) is 0 Å². The standard InChI is InChI=1S/C7H7FN2O3.C2H6/c1-13-7-2-4(8)6(10(11)12)3-5(7)9;1-2/h2-3H,9H2,1H3;1-2H3. The average Bonchev–Trinajstić information content (AvgIpc) is 2.23. The van der Waals surface area contributed by atoms with Gasteiger partial charge in [-0.2, -0.15) is 4.39 Å². The smallest absolute Gasteiger partial charge is 0.307 e. The van der Waals surface area contributed by atoms with Crippen LogP contribution in [0.5, 0.6) is 5.75 Å². The maximum atomic E-state index is 12.9. The van der Waals surface area contributed by atoms with Crippen molar-refractivity contribution in [3.05, 3.63) is 28.1 Å². The molecule has 0 atom stereocenters. The summed E-state index contributed by atoms with van der Waals surface area (Å²) in [6.45, 7) is 4.00. The first-order valence-electron chi connectivity index (χ1n) is 4.33. The zero-order chi connectivity index (χ0) is 12.0. The molecule has 0 saturated heterocycles. The van der Waals surface area contributed by atoms with E-state index in [1.807, 2.05) is 13.8 Å². The molecule has 84 valence electrons. The number of nitrogen functional groups attached to an aromatic ring is 1. The van der Waals surface area contributed by atoms with Gasteiger partial charge in [0.05, 0.1) is 17.7 Å². The monoisotopic (exact) mass is 216 g/mol. The predicted molar refractivity (Wildman–Crippen MR) is 55.4 cm³/mol. The lowest BCUT2D eigenvalue weighted by molar-refractivity contribution is -0.387. The summed E-state index contributed by atoms with van der Waals surface area (Å²) in [4.78, 5) is 9.40. The van der Waals surface area contributed by atoms with Crippen molar-refractivity contribution in [1.29, 1.82) is 0 Å². The molecule has 2 N–H and O–H groups in total. The number of nitro groups is 1. The summed E-state index contributed by atoms with van der Waals surface area (Å²) in [6.07, 6.45) is 0. The third-order valence-electron chi connectivity index (χ3n) is 1.50. The van der Waals surface area contributed by atoms with Crippen LogP contribution in [-0.2, 0) is 0 Å². The number of nitrogens with zero attached hydrogens (tertiary/aromatic N) is 1. The summed E-state index contributed by atoms with van der Waals surface area (Å²) < 4.78 is 17.6. The fourth-order valence-electron chi connectivity index (χ4n) is 0.876. The highest BCUT2D eigenvalue weighted by molar-refractivity contribution is 5.58. The molecular weight excluding hydrogens is 203 g/mol. The molecule has 1 aromatic carbocycles. The summed E-state index contributed by atoms with van der Waals surface area (Å²) >= 11 is 0. The Balaban J connectivity index is 0.000000921. The number of nitro benzene ring substituents is 1. The zero-order valence-electron chi connectivity index (χ0n) is 8.78. The second kappa shape index (κ2) is 5.79. The number of nitrogens with two attached hydrogens (primary N) is 1. The molecule has 0 radical (unpaired) electrons. The molecule has 0 aliphatic rings. The van der Waals surface area contributed by atoms with Crippen LogP contribution in [0.1, 0.15) is 13.8 Å². The lowest BCUT2D eigenvalue weighted by atomic mass is 10.2. The Morgan fingerprint density at radius 2 is 2.00 bits per heavy atom. The van der Waals surface area contributed by atoms with E-state index >= 15 is 0 Å². The van der Waals surface area contributed by atoms with E-state index in [-0.39, 0.29) is 11.4 Å². The maximum absolute atomic E-state index is 12.9. The molecular formula is C9H13FN2O3. The Bertz CT molecular complexity index is 355. The number of hydrogen-bond acceptors (Lipinski definition) is 4. The van der Waals surface area contributed by atoms with Crippen molar-refractivity contribution in [2.24, 2.45) is 0 Å². The van der Waals surface area contributed by atoms with Gasteiger partial charge in [-0.1, -0.05) is 13.8 Å². The highest BCUT2D eigenvalue weighted by atomic mass is 19.1. The Morgan fingerprint density at radius 1 is 1.47 bits per heavy atom. The average molecular weight is 216 g/mol. The van der Waals surface area contributed by atoms with E-state index in [0.717, 1.165) is 12.1 Å². The molecule has 1 aromatic rings. The summed E-state index contributed by atoms with van der Waals surface area (Å²) in [5, 5.41) is 10.2. The number of anilines is 1. The molecule has 15 heavy (non-hydrogen) atoms. The molecule has 0 amide bonds. The summed E-state index contributed by atoms with van der Waals surface area (Å²) in [7, 11) is 1.30. The van der Waals surface area contributed by atoms with Gasteiger partial charge in [-0.25, -0.2) is 0 Å². The molecule has 0 unspecified atom stereocenters. The minimum absolute atomic E-state index is 0.0376. The highest BCUT2D eigenvalue weighted by Crippen LogP contribution is 2.28. The van der Waals surface area contributed by atoms with Gasteiger partial charge < -0.3 is 10.5 Å². The second-order valence-electron chi connectivity index (χ2n) is 2.30. The number of rotatable bonds is 2. The topological polar surface area (TPSA) is 78.4 Å². The Kier molecular flexibility index (Phi) is 5.08. The van der Waals surface area contributed by atoms with E-state index < -0.39 is 16.4 Å². The largest absolute Gasteiger partial charge is 0.494 e. The van der Waals surface area contributed by atoms with Crippen LogP contribution in [0.4, 0.5) is 15.8 Å². The van der Waals surface area contributed by atoms with Crippen molar-refractivity contribution in [1.82, 2.24) is 0 Å². The van der Waals surface area contributed by atoms with E-state index in [1.165, 1.54) is 7.11 Å². The fraction of sp³-hybridized carbons (Fsp3) is 0.333. The minimum Gasteiger partial charge on any atom is -0.494 e. The molecule has 0 aliphatic carbocycles. The highest BCUT2D eigenvalue weighted by Gasteiger charge is 2.16. The van der Waals surface area contributed by atoms with Crippen LogP contribution in [0.3, 0.4) is 0 Å². The molecule has 0 heterocycles. The Hall–Kier alpha value is -1.85. The molecule has 0 spiro atoms. The number of ether oxygens (including phenoxy) is 1. The van der Waals surface area contributed by atoms with Crippen molar-refractivity contribution in [2.75, 3.05) is 12.8 Å². The molecule has 5 nitrogen and oxygen atoms in total. The third-order valence-corrected chi connectivity index (χ3v) is 1.50. The maximum Gasteiger partial charge on any atom is 0.307 e. The fourth-order valence-corrected chi connectivity index (χ4v) is 0.876.